The Morgan fingerprint density at radius 3 is 2.87 bits per heavy atom. The van der Waals surface area contributed by atoms with E-state index in [9.17, 15) is 0 Å². The number of thioether (sulfide) groups is 1. The summed E-state index contributed by atoms with van der Waals surface area (Å²) in [5, 5.41) is 0. The summed E-state index contributed by atoms with van der Waals surface area (Å²) in [6.45, 7) is 2.02. The Labute approximate surface area is 102 Å². The Morgan fingerprint density at radius 2 is 2.20 bits per heavy atom. The summed E-state index contributed by atoms with van der Waals surface area (Å²) in [6.07, 6.45) is 1.74. The Hall–Kier alpha value is -0.490. The molecule has 0 amide bonds. The number of anilines is 1. The van der Waals surface area contributed by atoms with E-state index in [0.717, 1.165) is 35.0 Å². The SMILES string of the molecule is COc1nc(N2CCSCC2)ncc1Br. The molecule has 1 fully saturated rings. The second-order valence-electron chi connectivity index (χ2n) is 3.13. The van der Waals surface area contributed by atoms with Gasteiger partial charge in [-0.3, -0.25) is 0 Å². The van der Waals surface area contributed by atoms with E-state index >= 15 is 0 Å². The van der Waals surface area contributed by atoms with Crippen LogP contribution in [0.1, 0.15) is 0 Å². The lowest BCUT2D eigenvalue weighted by atomic mass is 10.5. The molecule has 4 nitrogen and oxygen atoms in total. The first kappa shape index (κ1) is 11.0. The number of hydrogen-bond donors (Lipinski definition) is 0. The normalized spacial score (nSPS) is 16.5. The van der Waals surface area contributed by atoms with Crippen molar-refractivity contribution in [2.75, 3.05) is 36.6 Å². The molecule has 1 aliphatic heterocycles. The first-order valence-corrected chi connectivity index (χ1v) is 6.65. The molecule has 0 spiro atoms. The minimum Gasteiger partial charge on any atom is -0.480 e. The molecule has 82 valence electrons. The molecule has 1 saturated heterocycles. The molecule has 0 atom stereocenters. The summed E-state index contributed by atoms with van der Waals surface area (Å²) in [4.78, 5) is 10.8. The van der Waals surface area contributed by atoms with E-state index in [1.807, 2.05) is 11.8 Å². The first-order chi connectivity index (χ1) is 7.31. The molecule has 2 rings (SSSR count). The molecule has 0 unspecified atom stereocenters. The highest BCUT2D eigenvalue weighted by Crippen LogP contribution is 2.24. The third-order valence-electron chi connectivity index (χ3n) is 2.19. The molecule has 0 aliphatic carbocycles. The maximum atomic E-state index is 5.15. The molecular formula is C9H12BrN3OS. The van der Waals surface area contributed by atoms with Crippen LogP contribution in [-0.2, 0) is 0 Å². The van der Waals surface area contributed by atoms with Gasteiger partial charge in [-0.05, 0) is 15.9 Å². The van der Waals surface area contributed by atoms with Crippen LogP contribution in [0.25, 0.3) is 0 Å². The van der Waals surface area contributed by atoms with Crippen molar-refractivity contribution in [1.29, 1.82) is 0 Å². The molecule has 0 bridgehead atoms. The molecule has 15 heavy (non-hydrogen) atoms. The van der Waals surface area contributed by atoms with Crippen LogP contribution in [0, 0.1) is 0 Å². The van der Waals surface area contributed by atoms with Crippen LogP contribution >= 0.6 is 27.7 Å². The van der Waals surface area contributed by atoms with Gasteiger partial charge < -0.3 is 9.64 Å². The van der Waals surface area contributed by atoms with Crippen molar-refractivity contribution in [2.24, 2.45) is 0 Å². The smallest absolute Gasteiger partial charge is 0.232 e. The predicted molar refractivity (Wildman–Crippen MR) is 65.8 cm³/mol. The molecule has 0 N–H and O–H groups in total. The van der Waals surface area contributed by atoms with Crippen molar-refractivity contribution in [3.8, 4) is 5.88 Å². The fraction of sp³-hybridized carbons (Fsp3) is 0.556. The van der Waals surface area contributed by atoms with Gasteiger partial charge in [0.25, 0.3) is 0 Å². The Bertz CT molecular complexity index is 344. The van der Waals surface area contributed by atoms with Crippen molar-refractivity contribution < 1.29 is 4.74 Å². The van der Waals surface area contributed by atoms with Crippen LogP contribution in [0.4, 0.5) is 5.95 Å². The lowest BCUT2D eigenvalue weighted by molar-refractivity contribution is 0.394. The van der Waals surface area contributed by atoms with Crippen LogP contribution in [0.5, 0.6) is 5.88 Å². The van der Waals surface area contributed by atoms with Gasteiger partial charge in [0.15, 0.2) is 0 Å². The van der Waals surface area contributed by atoms with Gasteiger partial charge >= 0.3 is 0 Å². The van der Waals surface area contributed by atoms with Crippen LogP contribution in [0.3, 0.4) is 0 Å². The number of hydrogen-bond acceptors (Lipinski definition) is 5. The maximum Gasteiger partial charge on any atom is 0.232 e. The van der Waals surface area contributed by atoms with E-state index in [0.29, 0.717) is 5.88 Å². The number of halogens is 1. The fourth-order valence-electron chi connectivity index (χ4n) is 1.40. The van der Waals surface area contributed by atoms with Crippen LogP contribution in [0.15, 0.2) is 10.7 Å². The minimum atomic E-state index is 0.596. The first-order valence-electron chi connectivity index (χ1n) is 4.70. The van der Waals surface area contributed by atoms with E-state index in [4.69, 9.17) is 4.74 Å². The molecule has 1 aliphatic rings. The third-order valence-corrected chi connectivity index (χ3v) is 3.67. The van der Waals surface area contributed by atoms with E-state index in [2.05, 4.69) is 30.8 Å². The fourth-order valence-corrected chi connectivity index (χ4v) is 2.66. The quantitative estimate of drug-likeness (QED) is 0.830. The van der Waals surface area contributed by atoms with Gasteiger partial charge in [0, 0.05) is 24.6 Å². The molecule has 0 aromatic carbocycles. The van der Waals surface area contributed by atoms with Gasteiger partial charge in [-0.1, -0.05) is 0 Å². The molecular weight excluding hydrogens is 278 g/mol. The van der Waals surface area contributed by atoms with Gasteiger partial charge in [0.2, 0.25) is 11.8 Å². The highest BCUT2D eigenvalue weighted by Gasteiger charge is 2.15. The highest BCUT2D eigenvalue weighted by atomic mass is 79.9. The molecule has 0 radical (unpaired) electrons. The van der Waals surface area contributed by atoms with Crippen LogP contribution in [0.2, 0.25) is 0 Å². The Kier molecular flexibility index (Phi) is 3.69. The van der Waals surface area contributed by atoms with Crippen LogP contribution < -0.4 is 9.64 Å². The van der Waals surface area contributed by atoms with Crippen molar-refractivity contribution in [3.05, 3.63) is 10.7 Å². The summed E-state index contributed by atoms with van der Waals surface area (Å²) in [6, 6.07) is 0. The average Bonchev–Trinajstić information content (AvgIpc) is 2.31. The molecule has 6 heteroatoms. The Balaban J connectivity index is 2.20. The van der Waals surface area contributed by atoms with E-state index in [-0.39, 0.29) is 0 Å². The van der Waals surface area contributed by atoms with E-state index in [1.165, 1.54) is 0 Å². The standard InChI is InChI=1S/C9H12BrN3OS/c1-14-8-7(10)6-11-9(12-8)13-2-4-15-5-3-13/h6H,2-5H2,1H3. The number of aromatic nitrogens is 2. The second-order valence-corrected chi connectivity index (χ2v) is 5.21. The van der Waals surface area contributed by atoms with Crippen molar-refractivity contribution in [2.45, 2.75) is 0 Å². The zero-order chi connectivity index (χ0) is 10.7. The zero-order valence-electron chi connectivity index (χ0n) is 8.44. The average molecular weight is 290 g/mol. The lowest BCUT2D eigenvalue weighted by Crippen LogP contribution is -2.33. The molecule has 0 saturated carbocycles. The monoisotopic (exact) mass is 289 g/mol. The number of methoxy groups -OCH3 is 1. The predicted octanol–water partition coefficient (Wildman–Crippen LogP) is 1.80. The lowest BCUT2D eigenvalue weighted by Gasteiger charge is -2.26. The number of rotatable bonds is 2. The van der Waals surface area contributed by atoms with Crippen molar-refractivity contribution in [3.63, 3.8) is 0 Å². The second kappa shape index (κ2) is 5.03. The summed E-state index contributed by atoms with van der Waals surface area (Å²) < 4.78 is 5.94. The third kappa shape index (κ3) is 2.55. The van der Waals surface area contributed by atoms with Gasteiger partial charge in [-0.15, -0.1) is 0 Å². The van der Waals surface area contributed by atoms with Gasteiger partial charge in [-0.2, -0.15) is 16.7 Å². The summed E-state index contributed by atoms with van der Waals surface area (Å²) >= 11 is 5.31. The number of ether oxygens (including phenoxy) is 1. The summed E-state index contributed by atoms with van der Waals surface area (Å²) in [7, 11) is 1.61. The molecule has 1 aromatic rings. The zero-order valence-corrected chi connectivity index (χ0v) is 10.8. The van der Waals surface area contributed by atoms with Gasteiger partial charge in [-0.25, -0.2) is 4.98 Å². The van der Waals surface area contributed by atoms with Crippen LogP contribution in [-0.4, -0.2) is 41.7 Å². The largest absolute Gasteiger partial charge is 0.480 e. The van der Waals surface area contributed by atoms with Gasteiger partial charge in [0.05, 0.1) is 17.8 Å². The Morgan fingerprint density at radius 1 is 1.47 bits per heavy atom. The molecule has 1 aromatic heterocycles. The maximum absolute atomic E-state index is 5.15. The topological polar surface area (TPSA) is 38.2 Å². The van der Waals surface area contributed by atoms with Crippen molar-refractivity contribution >= 4 is 33.6 Å². The number of nitrogens with zero attached hydrogens (tertiary/aromatic N) is 3. The summed E-state index contributed by atoms with van der Waals surface area (Å²) in [5.74, 6) is 3.64. The minimum absolute atomic E-state index is 0.596. The molecule has 2 heterocycles. The highest BCUT2D eigenvalue weighted by molar-refractivity contribution is 9.10. The van der Waals surface area contributed by atoms with E-state index < -0.39 is 0 Å². The van der Waals surface area contributed by atoms with Crippen molar-refractivity contribution in [1.82, 2.24) is 9.97 Å². The van der Waals surface area contributed by atoms with Gasteiger partial charge in [0.1, 0.15) is 0 Å². The van der Waals surface area contributed by atoms with E-state index in [1.54, 1.807) is 13.3 Å². The summed E-state index contributed by atoms with van der Waals surface area (Å²) in [5.41, 5.74) is 0.